The fraction of sp³-hybridized carbons (Fsp3) is 0.0333. The summed E-state index contributed by atoms with van der Waals surface area (Å²) in [6, 6.07) is 31.8. The summed E-state index contributed by atoms with van der Waals surface area (Å²) in [5, 5.41) is 6.61. The first-order valence-corrected chi connectivity index (χ1v) is 12.0. The van der Waals surface area contributed by atoms with E-state index >= 15 is 0 Å². The van der Waals surface area contributed by atoms with Crippen LogP contribution in [0, 0.1) is 0 Å². The summed E-state index contributed by atoms with van der Waals surface area (Å²) >= 11 is 6.40. The Labute approximate surface area is 218 Å². The Morgan fingerprint density at radius 3 is 2.05 bits per heavy atom. The van der Waals surface area contributed by atoms with Crippen LogP contribution in [0.2, 0.25) is 5.02 Å². The summed E-state index contributed by atoms with van der Waals surface area (Å²) in [6.45, 7) is 0.161. The van der Waals surface area contributed by atoms with Crippen molar-refractivity contribution in [1.29, 1.82) is 0 Å². The van der Waals surface area contributed by atoms with Crippen LogP contribution in [0.5, 0.6) is 0 Å². The summed E-state index contributed by atoms with van der Waals surface area (Å²) in [7, 11) is 0. The third kappa shape index (κ3) is 5.01. The number of halogens is 1. The average Bonchev–Trinajstić information content (AvgIpc) is 2.93. The van der Waals surface area contributed by atoms with Gasteiger partial charge >= 0.3 is 0 Å². The molecule has 0 atom stereocenters. The Morgan fingerprint density at radius 1 is 0.703 bits per heavy atom. The van der Waals surface area contributed by atoms with Crippen molar-refractivity contribution >= 4 is 45.7 Å². The third-order valence-corrected chi connectivity index (χ3v) is 6.36. The number of anilines is 2. The molecule has 4 aromatic carbocycles. The largest absolute Gasteiger partial charge is 0.322 e. The molecule has 0 spiro atoms. The molecule has 0 aliphatic heterocycles. The second-order valence-corrected chi connectivity index (χ2v) is 8.80. The van der Waals surface area contributed by atoms with E-state index in [-0.39, 0.29) is 17.8 Å². The number of benzene rings is 4. The van der Waals surface area contributed by atoms with Crippen LogP contribution in [-0.4, -0.2) is 16.4 Å². The molecule has 0 saturated heterocycles. The van der Waals surface area contributed by atoms with E-state index in [1.165, 1.54) is 4.57 Å². The van der Waals surface area contributed by atoms with Gasteiger partial charge in [-0.05, 0) is 42.0 Å². The molecule has 6 nitrogen and oxygen atoms in total. The molecule has 5 rings (SSSR count). The Kier molecular flexibility index (Phi) is 6.83. The van der Waals surface area contributed by atoms with Crippen molar-refractivity contribution in [3.63, 3.8) is 0 Å². The molecule has 1 aromatic heterocycles. The minimum atomic E-state index is -0.513. The first-order chi connectivity index (χ1) is 18.0. The van der Waals surface area contributed by atoms with Gasteiger partial charge in [0.15, 0.2) is 0 Å². The molecule has 0 aliphatic rings. The van der Waals surface area contributed by atoms with E-state index in [1.807, 2.05) is 24.3 Å². The van der Waals surface area contributed by atoms with Crippen molar-refractivity contribution in [2.75, 3.05) is 10.6 Å². The molecular formula is C30H22ClN3O3. The van der Waals surface area contributed by atoms with Gasteiger partial charge < -0.3 is 15.2 Å². The summed E-state index contributed by atoms with van der Waals surface area (Å²) in [4.78, 5) is 40.7. The van der Waals surface area contributed by atoms with Crippen LogP contribution in [0.15, 0.2) is 114 Å². The normalized spacial score (nSPS) is 10.7. The minimum absolute atomic E-state index is 0.0872. The lowest BCUT2D eigenvalue weighted by molar-refractivity contribution is 0.102. The minimum Gasteiger partial charge on any atom is -0.322 e. The van der Waals surface area contributed by atoms with Gasteiger partial charge in [0.05, 0.1) is 17.6 Å². The van der Waals surface area contributed by atoms with E-state index < -0.39 is 17.4 Å². The molecule has 0 saturated carbocycles. The number of fused-ring (bicyclic) bond motifs is 1. The Hall–Kier alpha value is -4.68. The molecule has 5 aromatic rings. The molecular weight excluding hydrogens is 486 g/mol. The maximum atomic E-state index is 14.0. The topological polar surface area (TPSA) is 80.2 Å². The van der Waals surface area contributed by atoms with Gasteiger partial charge in [-0.1, -0.05) is 84.4 Å². The molecule has 37 heavy (non-hydrogen) atoms. The highest BCUT2D eigenvalue weighted by molar-refractivity contribution is 6.31. The smallest absolute Gasteiger partial charge is 0.275 e. The third-order valence-electron chi connectivity index (χ3n) is 5.99. The summed E-state index contributed by atoms with van der Waals surface area (Å²) < 4.78 is 1.52. The lowest BCUT2D eigenvalue weighted by atomic mass is 10.0. The zero-order chi connectivity index (χ0) is 25.8. The fourth-order valence-electron chi connectivity index (χ4n) is 4.20. The molecule has 0 aliphatic carbocycles. The number of carbonyl (C=O) groups excluding carboxylic acids is 2. The number of hydrogen-bond donors (Lipinski definition) is 2. The number of nitrogens with one attached hydrogen (secondary N) is 2. The van der Waals surface area contributed by atoms with Gasteiger partial charge in [-0.2, -0.15) is 0 Å². The van der Waals surface area contributed by atoms with Gasteiger partial charge in [0.25, 0.3) is 17.4 Å². The quantitative estimate of drug-likeness (QED) is 0.287. The van der Waals surface area contributed by atoms with Gasteiger partial charge in [0, 0.05) is 21.7 Å². The highest BCUT2D eigenvalue weighted by Gasteiger charge is 2.24. The molecule has 0 bridgehead atoms. The number of pyridine rings is 1. The molecule has 0 radical (unpaired) electrons. The lowest BCUT2D eigenvalue weighted by Gasteiger charge is -2.19. The van der Waals surface area contributed by atoms with Crippen LogP contribution < -0.4 is 16.2 Å². The molecule has 1 heterocycles. The first-order valence-electron chi connectivity index (χ1n) is 11.6. The number of nitrogens with zero attached hydrogens (tertiary/aromatic N) is 1. The van der Waals surface area contributed by atoms with E-state index in [1.54, 1.807) is 84.9 Å². The van der Waals surface area contributed by atoms with E-state index in [0.717, 1.165) is 5.56 Å². The number of para-hydroxylation sites is 2. The molecule has 0 unspecified atom stereocenters. The van der Waals surface area contributed by atoms with Crippen molar-refractivity contribution in [3.05, 3.63) is 141 Å². The van der Waals surface area contributed by atoms with Gasteiger partial charge in [-0.25, -0.2) is 0 Å². The predicted octanol–water partition coefficient (Wildman–Crippen LogP) is 6.21. The van der Waals surface area contributed by atoms with Crippen LogP contribution in [0.3, 0.4) is 0 Å². The van der Waals surface area contributed by atoms with Gasteiger partial charge in [-0.3, -0.25) is 14.4 Å². The van der Waals surface area contributed by atoms with Gasteiger partial charge in [-0.15, -0.1) is 0 Å². The lowest BCUT2D eigenvalue weighted by Crippen LogP contribution is -2.31. The SMILES string of the molecule is O=C(Nc1c(C(=O)Nc2ccccc2)c2ccccc2n(Cc2ccccc2Cl)c1=O)c1ccccc1. The zero-order valence-electron chi connectivity index (χ0n) is 19.6. The summed E-state index contributed by atoms with van der Waals surface area (Å²) in [5.41, 5.74) is 1.68. The molecule has 182 valence electrons. The highest BCUT2D eigenvalue weighted by Crippen LogP contribution is 2.27. The predicted molar refractivity (Wildman–Crippen MR) is 148 cm³/mol. The van der Waals surface area contributed by atoms with Crippen molar-refractivity contribution in [1.82, 2.24) is 4.57 Å². The monoisotopic (exact) mass is 507 g/mol. The van der Waals surface area contributed by atoms with Crippen LogP contribution in [0.25, 0.3) is 10.9 Å². The fourth-order valence-corrected chi connectivity index (χ4v) is 4.40. The number of amides is 2. The first kappa shape index (κ1) is 24.0. The van der Waals surface area contributed by atoms with Gasteiger partial charge in [0.1, 0.15) is 5.69 Å². The molecule has 0 fully saturated rings. The molecule has 7 heteroatoms. The number of aromatic nitrogens is 1. The molecule has 2 amide bonds. The summed E-state index contributed by atoms with van der Waals surface area (Å²) in [5.74, 6) is -1.00. The maximum Gasteiger partial charge on any atom is 0.275 e. The number of hydrogen-bond acceptors (Lipinski definition) is 3. The highest BCUT2D eigenvalue weighted by atomic mass is 35.5. The van der Waals surface area contributed by atoms with E-state index in [2.05, 4.69) is 10.6 Å². The van der Waals surface area contributed by atoms with Crippen molar-refractivity contribution in [2.45, 2.75) is 6.54 Å². The maximum absolute atomic E-state index is 14.0. The Bertz CT molecular complexity index is 1670. The van der Waals surface area contributed by atoms with Crippen molar-refractivity contribution in [3.8, 4) is 0 Å². The number of rotatable bonds is 6. The van der Waals surface area contributed by atoms with E-state index in [4.69, 9.17) is 11.6 Å². The van der Waals surface area contributed by atoms with E-state index in [0.29, 0.717) is 27.2 Å². The van der Waals surface area contributed by atoms with E-state index in [9.17, 15) is 14.4 Å². The summed E-state index contributed by atoms with van der Waals surface area (Å²) in [6.07, 6.45) is 0. The van der Waals surface area contributed by atoms with Crippen LogP contribution in [0.1, 0.15) is 26.3 Å². The Morgan fingerprint density at radius 2 is 1.32 bits per heavy atom. The number of carbonyl (C=O) groups is 2. The van der Waals surface area contributed by atoms with Crippen LogP contribution in [0.4, 0.5) is 11.4 Å². The van der Waals surface area contributed by atoms with Crippen LogP contribution in [-0.2, 0) is 6.54 Å². The van der Waals surface area contributed by atoms with Crippen LogP contribution >= 0.6 is 11.6 Å². The van der Waals surface area contributed by atoms with Gasteiger partial charge in [0.2, 0.25) is 0 Å². The second kappa shape index (κ2) is 10.5. The Balaban J connectivity index is 1.71. The average molecular weight is 508 g/mol. The second-order valence-electron chi connectivity index (χ2n) is 8.39. The molecule has 2 N–H and O–H groups in total. The van der Waals surface area contributed by atoms with Crippen molar-refractivity contribution in [2.24, 2.45) is 0 Å². The standard InChI is InChI=1S/C30H22ClN3O3/c31-24-17-9-7-13-21(24)19-34-25-18-10-8-16-23(25)26(29(36)32-22-14-5-2-6-15-22)27(30(34)37)33-28(35)20-11-3-1-4-12-20/h1-18H,19H2,(H,32,36)(H,33,35). The zero-order valence-corrected chi connectivity index (χ0v) is 20.4. The van der Waals surface area contributed by atoms with Crippen molar-refractivity contribution < 1.29 is 9.59 Å².